The molecule has 0 fully saturated rings. The zero-order valence-electron chi connectivity index (χ0n) is 6.24. The van der Waals surface area contributed by atoms with Crippen LogP contribution in [0.4, 0.5) is 13.2 Å². The lowest BCUT2D eigenvalue weighted by Gasteiger charge is -2.08. The lowest BCUT2D eigenvalue weighted by molar-refractivity contribution is 0.0906. The van der Waals surface area contributed by atoms with Crippen LogP contribution in [-0.2, 0) is 5.38 Å². The van der Waals surface area contributed by atoms with Crippen molar-refractivity contribution >= 4 is 11.6 Å². The second-order valence-corrected chi connectivity index (χ2v) is 2.96. The lowest BCUT2D eigenvalue weighted by atomic mass is 10.1. The van der Waals surface area contributed by atoms with Crippen molar-refractivity contribution in [2.45, 2.75) is 12.3 Å². The maximum absolute atomic E-state index is 12.8. The van der Waals surface area contributed by atoms with Crippen molar-refractivity contribution in [1.82, 2.24) is 0 Å². The van der Waals surface area contributed by atoms with E-state index in [0.717, 1.165) is 12.1 Å². The van der Waals surface area contributed by atoms with E-state index in [1.807, 2.05) is 0 Å². The fourth-order valence-electron chi connectivity index (χ4n) is 0.850. The van der Waals surface area contributed by atoms with Gasteiger partial charge in [0.1, 0.15) is 5.82 Å². The van der Waals surface area contributed by atoms with Gasteiger partial charge in [-0.15, -0.1) is 0 Å². The van der Waals surface area contributed by atoms with Gasteiger partial charge >= 0.3 is 5.38 Å². The Bertz CT molecular complexity index is 291. The monoisotopic (exact) mass is 194 g/mol. The molecule has 0 bridgehead atoms. The zero-order chi connectivity index (χ0) is 9.35. The van der Waals surface area contributed by atoms with Gasteiger partial charge in [-0.25, -0.2) is 4.39 Å². The fourth-order valence-corrected chi connectivity index (χ4v) is 1.00. The molecule has 66 valence electrons. The van der Waals surface area contributed by atoms with Crippen LogP contribution < -0.4 is 0 Å². The molecule has 0 N–H and O–H groups in total. The largest absolute Gasteiger partial charge is 0.351 e. The number of hydrogen-bond donors (Lipinski definition) is 0. The van der Waals surface area contributed by atoms with Crippen LogP contribution in [0, 0.1) is 12.7 Å². The van der Waals surface area contributed by atoms with E-state index in [1.165, 1.54) is 6.07 Å². The van der Waals surface area contributed by atoms with Crippen molar-refractivity contribution in [2.24, 2.45) is 0 Å². The number of aryl methyl sites for hydroxylation is 1. The molecule has 1 rings (SSSR count). The van der Waals surface area contributed by atoms with E-state index in [0.29, 0.717) is 5.56 Å². The van der Waals surface area contributed by atoms with E-state index in [9.17, 15) is 13.2 Å². The highest BCUT2D eigenvalue weighted by Gasteiger charge is 2.30. The van der Waals surface area contributed by atoms with Crippen LogP contribution in [0.5, 0.6) is 0 Å². The second kappa shape index (κ2) is 2.98. The predicted octanol–water partition coefficient (Wildman–Crippen LogP) is 3.42. The molecule has 0 saturated carbocycles. The molecular formula is C8H6ClF3. The molecule has 0 aliphatic rings. The highest BCUT2D eigenvalue weighted by atomic mass is 35.5. The summed E-state index contributed by atoms with van der Waals surface area (Å²) < 4.78 is 37.5. The number of benzene rings is 1. The normalized spacial score (nSPS) is 11.8. The Kier molecular flexibility index (Phi) is 2.33. The smallest absolute Gasteiger partial charge is 0.206 e. The molecule has 0 nitrogen and oxygen atoms in total. The van der Waals surface area contributed by atoms with Crippen LogP contribution in [-0.4, -0.2) is 0 Å². The Morgan fingerprint density at radius 2 is 1.92 bits per heavy atom. The van der Waals surface area contributed by atoms with Gasteiger partial charge in [0.15, 0.2) is 0 Å². The summed E-state index contributed by atoms with van der Waals surface area (Å²) in [6.45, 7) is 1.61. The maximum Gasteiger partial charge on any atom is 0.351 e. The van der Waals surface area contributed by atoms with Crippen LogP contribution >= 0.6 is 11.6 Å². The van der Waals surface area contributed by atoms with Crippen LogP contribution in [0.2, 0.25) is 0 Å². The molecule has 0 spiro atoms. The molecule has 4 heteroatoms. The van der Waals surface area contributed by atoms with E-state index < -0.39 is 16.8 Å². The molecule has 0 heterocycles. The molecule has 0 amide bonds. The summed E-state index contributed by atoms with van der Waals surface area (Å²) in [5.41, 5.74) is -0.202. The number of rotatable bonds is 1. The molecule has 0 aliphatic carbocycles. The lowest BCUT2D eigenvalue weighted by Crippen LogP contribution is -2.06. The van der Waals surface area contributed by atoms with Gasteiger partial charge in [0, 0.05) is 0 Å². The molecule has 1 aromatic carbocycles. The summed E-state index contributed by atoms with van der Waals surface area (Å²) in [6.07, 6.45) is 0. The number of hydrogen-bond acceptors (Lipinski definition) is 0. The molecule has 0 saturated heterocycles. The van der Waals surface area contributed by atoms with Crippen molar-refractivity contribution in [3.05, 3.63) is 35.1 Å². The highest BCUT2D eigenvalue weighted by molar-refractivity contribution is 6.21. The first-order chi connectivity index (χ1) is 5.41. The molecule has 12 heavy (non-hydrogen) atoms. The van der Waals surface area contributed by atoms with Gasteiger partial charge in [0.2, 0.25) is 0 Å². The minimum Gasteiger partial charge on any atom is -0.206 e. The molecule has 0 unspecified atom stereocenters. The van der Waals surface area contributed by atoms with Crippen LogP contribution in [0.25, 0.3) is 0 Å². The zero-order valence-corrected chi connectivity index (χ0v) is 7.00. The molecular weight excluding hydrogens is 189 g/mol. The molecule has 0 aliphatic heterocycles. The standard InChI is InChI=1S/C8H6ClF3/c1-5-2-3-6(7(10)4-5)8(9,11)12/h2-4H,1H3. The predicted molar refractivity (Wildman–Crippen MR) is 40.9 cm³/mol. The molecule has 0 atom stereocenters. The molecule has 1 aromatic rings. The van der Waals surface area contributed by atoms with E-state index in [-0.39, 0.29) is 0 Å². The van der Waals surface area contributed by atoms with Crippen molar-refractivity contribution in [1.29, 1.82) is 0 Å². The minimum absolute atomic E-state index is 0.581. The summed E-state index contributed by atoms with van der Waals surface area (Å²) in [4.78, 5) is 0. The third-order valence-electron chi connectivity index (χ3n) is 1.43. The summed E-state index contributed by atoms with van der Waals surface area (Å²) in [6, 6.07) is 3.39. The van der Waals surface area contributed by atoms with E-state index in [4.69, 9.17) is 0 Å². The summed E-state index contributed by atoms with van der Waals surface area (Å²) in [7, 11) is 0. The third-order valence-corrected chi connectivity index (χ3v) is 1.63. The Morgan fingerprint density at radius 1 is 1.33 bits per heavy atom. The highest BCUT2D eigenvalue weighted by Crippen LogP contribution is 2.34. The Labute approximate surface area is 73.0 Å². The first-order valence-corrected chi connectivity index (χ1v) is 3.62. The number of alkyl halides is 3. The Hall–Kier alpha value is -0.700. The number of halogens is 4. The quantitative estimate of drug-likeness (QED) is 0.601. The average molecular weight is 195 g/mol. The van der Waals surface area contributed by atoms with Gasteiger partial charge in [0.05, 0.1) is 5.56 Å². The van der Waals surface area contributed by atoms with E-state index >= 15 is 0 Å². The average Bonchev–Trinajstić information content (AvgIpc) is 1.83. The van der Waals surface area contributed by atoms with Crippen LogP contribution in [0.3, 0.4) is 0 Å². The fraction of sp³-hybridized carbons (Fsp3) is 0.250. The van der Waals surface area contributed by atoms with Crippen LogP contribution in [0.1, 0.15) is 11.1 Å². The maximum atomic E-state index is 12.8. The Balaban J connectivity index is 3.19. The van der Waals surface area contributed by atoms with Crippen molar-refractivity contribution in [3.63, 3.8) is 0 Å². The summed E-state index contributed by atoms with van der Waals surface area (Å²) >= 11 is 4.64. The molecule has 0 radical (unpaired) electrons. The minimum atomic E-state index is -3.63. The summed E-state index contributed by atoms with van der Waals surface area (Å²) in [5, 5.41) is -3.63. The van der Waals surface area contributed by atoms with Crippen molar-refractivity contribution in [3.8, 4) is 0 Å². The topological polar surface area (TPSA) is 0 Å². The van der Waals surface area contributed by atoms with Gasteiger partial charge in [-0.2, -0.15) is 8.78 Å². The Morgan fingerprint density at radius 3 is 2.33 bits per heavy atom. The van der Waals surface area contributed by atoms with Gasteiger partial charge in [-0.1, -0.05) is 6.07 Å². The first kappa shape index (κ1) is 9.39. The van der Waals surface area contributed by atoms with Crippen LogP contribution in [0.15, 0.2) is 18.2 Å². The third kappa shape index (κ3) is 1.91. The van der Waals surface area contributed by atoms with E-state index in [1.54, 1.807) is 6.92 Å². The van der Waals surface area contributed by atoms with Gasteiger partial charge in [-0.3, -0.25) is 0 Å². The van der Waals surface area contributed by atoms with Gasteiger partial charge in [-0.05, 0) is 36.2 Å². The van der Waals surface area contributed by atoms with Gasteiger partial charge < -0.3 is 0 Å². The van der Waals surface area contributed by atoms with E-state index in [2.05, 4.69) is 11.6 Å². The summed E-state index contributed by atoms with van der Waals surface area (Å²) in [5.74, 6) is -0.977. The SMILES string of the molecule is Cc1ccc(C(F)(F)Cl)c(F)c1. The van der Waals surface area contributed by atoms with Crippen molar-refractivity contribution < 1.29 is 13.2 Å². The first-order valence-electron chi connectivity index (χ1n) is 3.24. The van der Waals surface area contributed by atoms with Crippen molar-refractivity contribution in [2.75, 3.05) is 0 Å². The van der Waals surface area contributed by atoms with Gasteiger partial charge in [0.25, 0.3) is 0 Å². The second-order valence-electron chi connectivity index (χ2n) is 2.48. The molecule has 0 aromatic heterocycles.